The summed E-state index contributed by atoms with van der Waals surface area (Å²) < 4.78 is 19.6. The monoisotopic (exact) mass is 374 g/mol. The van der Waals surface area contributed by atoms with Crippen LogP contribution in [-0.4, -0.2) is 11.7 Å². The van der Waals surface area contributed by atoms with Gasteiger partial charge in [-0.1, -0.05) is 50.1 Å². The van der Waals surface area contributed by atoms with Crippen LogP contribution in [0.1, 0.15) is 45.6 Å². The molecule has 0 N–H and O–H groups in total. The van der Waals surface area contributed by atoms with Gasteiger partial charge in [-0.05, 0) is 55.5 Å². The van der Waals surface area contributed by atoms with Crippen LogP contribution in [0, 0.1) is 11.2 Å². The number of esters is 1. The van der Waals surface area contributed by atoms with Gasteiger partial charge in [0.2, 0.25) is 0 Å². The number of benzene rings is 2. The first-order chi connectivity index (χ1) is 12.4. The molecule has 0 saturated carbocycles. The van der Waals surface area contributed by atoms with E-state index in [9.17, 15) is 9.18 Å². The van der Waals surface area contributed by atoms with Crippen molar-refractivity contribution in [3.8, 4) is 16.9 Å². The number of carbonyl (C=O) groups is 1. The van der Waals surface area contributed by atoms with Gasteiger partial charge in [0, 0.05) is 5.75 Å². The Hall–Kier alpha value is -1.81. The van der Waals surface area contributed by atoms with Crippen LogP contribution in [0.5, 0.6) is 5.75 Å². The molecule has 0 atom stereocenters. The molecule has 4 heteroatoms. The van der Waals surface area contributed by atoms with Gasteiger partial charge in [-0.3, -0.25) is 4.79 Å². The van der Waals surface area contributed by atoms with Gasteiger partial charge in [-0.25, -0.2) is 4.39 Å². The molecule has 0 fully saturated rings. The third kappa shape index (κ3) is 5.34. The highest BCUT2D eigenvalue weighted by atomic mass is 32.1. The van der Waals surface area contributed by atoms with Gasteiger partial charge in [0.1, 0.15) is 0 Å². The molecule has 0 spiro atoms. The Morgan fingerprint density at radius 2 is 1.73 bits per heavy atom. The number of carbonyl (C=O) groups excluding carboxylic acids is 1. The van der Waals surface area contributed by atoms with Crippen LogP contribution in [0.15, 0.2) is 42.5 Å². The topological polar surface area (TPSA) is 26.3 Å². The van der Waals surface area contributed by atoms with Crippen molar-refractivity contribution in [1.29, 1.82) is 0 Å². The molecule has 0 aliphatic heterocycles. The van der Waals surface area contributed by atoms with Gasteiger partial charge < -0.3 is 4.74 Å². The average Bonchev–Trinajstić information content (AvgIpc) is 2.64. The number of halogens is 1. The van der Waals surface area contributed by atoms with Crippen LogP contribution in [0.25, 0.3) is 11.1 Å². The Labute approximate surface area is 161 Å². The van der Waals surface area contributed by atoms with Crippen molar-refractivity contribution in [3.63, 3.8) is 0 Å². The summed E-state index contributed by atoms with van der Waals surface area (Å²) in [5, 5.41) is 0. The summed E-state index contributed by atoms with van der Waals surface area (Å²) in [5.41, 5.74) is 2.23. The Bertz CT molecular complexity index is 738. The molecule has 2 aromatic rings. The minimum Gasteiger partial charge on any atom is -0.423 e. The minimum absolute atomic E-state index is 0.0511. The number of unbranched alkanes of at least 4 members (excludes halogenated alkanes) is 2. The fraction of sp³-hybridized carbons (Fsp3) is 0.409. The van der Waals surface area contributed by atoms with Crippen LogP contribution in [-0.2, 0) is 11.2 Å². The summed E-state index contributed by atoms with van der Waals surface area (Å²) >= 11 is 4.14. The zero-order chi connectivity index (χ0) is 19.2. The van der Waals surface area contributed by atoms with Crippen LogP contribution in [0.3, 0.4) is 0 Å². The molecule has 140 valence electrons. The lowest BCUT2D eigenvalue weighted by Crippen LogP contribution is -2.30. The van der Waals surface area contributed by atoms with Crippen LogP contribution in [0.2, 0.25) is 0 Å². The van der Waals surface area contributed by atoms with E-state index in [0.29, 0.717) is 5.75 Å². The number of hydrogen-bond donors (Lipinski definition) is 1. The Morgan fingerprint density at radius 1 is 1.08 bits per heavy atom. The molecular formula is C22H27FO2S. The smallest absolute Gasteiger partial charge is 0.317 e. The molecule has 2 aromatic carbocycles. The van der Waals surface area contributed by atoms with Crippen molar-refractivity contribution < 1.29 is 13.9 Å². The second-order valence-electron chi connectivity index (χ2n) is 7.23. The first kappa shape index (κ1) is 20.5. The van der Waals surface area contributed by atoms with Crippen molar-refractivity contribution >= 4 is 18.6 Å². The maximum Gasteiger partial charge on any atom is 0.317 e. The predicted molar refractivity (Wildman–Crippen MR) is 108 cm³/mol. The van der Waals surface area contributed by atoms with E-state index in [1.54, 1.807) is 19.9 Å². The van der Waals surface area contributed by atoms with Gasteiger partial charge in [0.15, 0.2) is 11.6 Å². The first-order valence-electron chi connectivity index (χ1n) is 9.09. The number of hydrogen-bond acceptors (Lipinski definition) is 3. The van der Waals surface area contributed by atoms with Crippen molar-refractivity contribution in [3.05, 3.63) is 53.8 Å². The SMILES string of the molecule is CCCCCc1ccc(-c2ccc(OC(=O)C(C)(C)CS)c(F)c2)cc1. The number of aryl methyl sites for hydroxylation is 1. The molecular weight excluding hydrogens is 347 g/mol. The normalized spacial score (nSPS) is 11.4. The molecule has 0 unspecified atom stereocenters. The highest BCUT2D eigenvalue weighted by Gasteiger charge is 2.29. The van der Waals surface area contributed by atoms with Gasteiger partial charge >= 0.3 is 5.97 Å². The minimum atomic E-state index is -0.762. The van der Waals surface area contributed by atoms with Gasteiger partial charge in [-0.2, -0.15) is 12.6 Å². The molecule has 0 aliphatic carbocycles. The zero-order valence-electron chi connectivity index (χ0n) is 15.7. The summed E-state index contributed by atoms with van der Waals surface area (Å²) in [6.07, 6.45) is 4.70. The second-order valence-corrected chi connectivity index (χ2v) is 7.55. The Balaban J connectivity index is 2.10. The fourth-order valence-electron chi connectivity index (χ4n) is 2.51. The lowest BCUT2D eigenvalue weighted by atomic mass is 9.97. The molecule has 2 nitrogen and oxygen atoms in total. The van der Waals surface area contributed by atoms with Gasteiger partial charge in [-0.15, -0.1) is 0 Å². The molecule has 0 aromatic heterocycles. The highest BCUT2D eigenvalue weighted by molar-refractivity contribution is 7.80. The van der Waals surface area contributed by atoms with Crippen molar-refractivity contribution in [1.82, 2.24) is 0 Å². The van der Waals surface area contributed by atoms with Gasteiger partial charge in [0.05, 0.1) is 5.41 Å². The lowest BCUT2D eigenvalue weighted by Gasteiger charge is -2.19. The van der Waals surface area contributed by atoms with E-state index >= 15 is 0 Å². The predicted octanol–water partition coefficient (Wildman–Crippen LogP) is 6.09. The number of thiol groups is 1. The van der Waals surface area contributed by atoms with E-state index in [1.807, 2.05) is 12.1 Å². The second kappa shape index (κ2) is 9.22. The fourth-order valence-corrected chi connectivity index (χ4v) is 2.64. The van der Waals surface area contributed by atoms with E-state index in [2.05, 4.69) is 31.7 Å². The molecule has 0 aliphatic rings. The molecule has 0 amide bonds. The lowest BCUT2D eigenvalue weighted by molar-refractivity contribution is -0.142. The largest absolute Gasteiger partial charge is 0.423 e. The van der Waals surface area contributed by atoms with Crippen LogP contribution < -0.4 is 4.74 Å². The average molecular weight is 375 g/mol. The van der Waals surface area contributed by atoms with Crippen LogP contribution in [0.4, 0.5) is 4.39 Å². The quantitative estimate of drug-likeness (QED) is 0.262. The summed E-state index contributed by atoms with van der Waals surface area (Å²) in [6, 6.07) is 12.9. The van der Waals surface area contributed by atoms with E-state index in [1.165, 1.54) is 37.0 Å². The van der Waals surface area contributed by atoms with Crippen LogP contribution >= 0.6 is 12.6 Å². The molecule has 0 bridgehead atoms. The summed E-state index contributed by atoms with van der Waals surface area (Å²) in [5.74, 6) is -0.755. The van der Waals surface area contributed by atoms with Crippen molar-refractivity contribution in [2.75, 3.05) is 5.75 Å². The molecule has 0 radical (unpaired) electrons. The standard InChI is InChI=1S/C22H27FO2S/c1-4-5-6-7-16-8-10-17(11-9-16)18-12-13-20(19(23)14-18)25-21(24)22(2,3)15-26/h8-14,26H,4-7,15H2,1-3H3. The Morgan fingerprint density at radius 3 is 2.31 bits per heavy atom. The number of rotatable bonds is 8. The maximum absolute atomic E-state index is 14.4. The Kier molecular flexibility index (Phi) is 7.27. The van der Waals surface area contributed by atoms with E-state index in [4.69, 9.17) is 4.74 Å². The van der Waals surface area contributed by atoms with Crippen molar-refractivity contribution in [2.24, 2.45) is 5.41 Å². The molecule has 2 rings (SSSR count). The van der Waals surface area contributed by atoms with E-state index in [-0.39, 0.29) is 5.75 Å². The van der Waals surface area contributed by atoms with Crippen molar-refractivity contribution in [2.45, 2.75) is 46.5 Å². The first-order valence-corrected chi connectivity index (χ1v) is 9.72. The maximum atomic E-state index is 14.4. The molecule has 0 saturated heterocycles. The third-order valence-electron chi connectivity index (χ3n) is 4.44. The summed E-state index contributed by atoms with van der Waals surface area (Å²) in [7, 11) is 0. The van der Waals surface area contributed by atoms with Gasteiger partial charge in [0.25, 0.3) is 0 Å². The summed E-state index contributed by atoms with van der Waals surface area (Å²) in [6.45, 7) is 5.63. The van der Waals surface area contributed by atoms with E-state index in [0.717, 1.165) is 17.5 Å². The summed E-state index contributed by atoms with van der Waals surface area (Å²) in [4.78, 5) is 12.1. The molecule has 0 heterocycles. The highest BCUT2D eigenvalue weighted by Crippen LogP contribution is 2.28. The number of ether oxygens (including phenoxy) is 1. The zero-order valence-corrected chi connectivity index (χ0v) is 16.6. The van der Waals surface area contributed by atoms with E-state index < -0.39 is 17.2 Å². The molecule has 26 heavy (non-hydrogen) atoms. The third-order valence-corrected chi connectivity index (χ3v) is 5.23.